The first-order valence-electron chi connectivity index (χ1n) is 33.7. The highest BCUT2D eigenvalue weighted by Crippen LogP contribution is 2.66. The topological polar surface area (TPSA) is 277 Å². The molecule has 0 radical (unpaired) electrons. The summed E-state index contributed by atoms with van der Waals surface area (Å²) in [6.45, 7) is 42.0. The summed E-state index contributed by atoms with van der Waals surface area (Å²) in [6, 6.07) is 9.51. The van der Waals surface area contributed by atoms with Gasteiger partial charge >= 0.3 is 29.2 Å². The third-order valence-electron chi connectivity index (χ3n) is 14.3. The summed E-state index contributed by atoms with van der Waals surface area (Å²) in [4.78, 5) is 73.4. The van der Waals surface area contributed by atoms with Crippen molar-refractivity contribution in [3.05, 3.63) is 57.2 Å². The maximum absolute atomic E-state index is 12.5. The number of hydrogen-bond acceptors (Lipinski definition) is 16. The van der Waals surface area contributed by atoms with Gasteiger partial charge in [-0.15, -0.1) is 0 Å². The minimum absolute atomic E-state index is 0.0136. The van der Waals surface area contributed by atoms with Crippen LogP contribution in [-0.2, 0) is 31.6 Å². The van der Waals surface area contributed by atoms with Gasteiger partial charge in [0.25, 0.3) is 5.56 Å². The van der Waals surface area contributed by atoms with Gasteiger partial charge in [-0.3, -0.25) is 18.9 Å². The van der Waals surface area contributed by atoms with Crippen molar-refractivity contribution in [3.8, 4) is 0 Å². The minimum Gasteiger partial charge on any atom is -0.387 e. The summed E-state index contributed by atoms with van der Waals surface area (Å²) < 4.78 is 51.8. The van der Waals surface area contributed by atoms with Crippen molar-refractivity contribution in [2.45, 2.75) is 272 Å². The first-order valence-corrected chi connectivity index (χ1v) is 39.1. The molecule has 1 saturated heterocycles. The van der Waals surface area contributed by atoms with Crippen LogP contribution in [0.15, 0.2) is 55.9 Å². The Labute approximate surface area is 537 Å². The molecule has 0 amide bonds. The van der Waals surface area contributed by atoms with Gasteiger partial charge in [-0.2, -0.15) is 8.62 Å². The number of ether oxygens (including phenoxy) is 1. The van der Waals surface area contributed by atoms with E-state index in [-0.39, 0.29) is 5.03 Å². The van der Waals surface area contributed by atoms with Gasteiger partial charge in [0, 0.05) is 11.0 Å². The van der Waals surface area contributed by atoms with Crippen molar-refractivity contribution in [2.24, 2.45) is 0 Å². The first-order chi connectivity index (χ1) is 42.0. The number of aromatic nitrogens is 2. The highest BCUT2D eigenvalue weighted by Gasteiger charge is 2.47. The van der Waals surface area contributed by atoms with E-state index in [0.29, 0.717) is 4.90 Å². The minimum atomic E-state index is -5.77. The summed E-state index contributed by atoms with van der Waals surface area (Å²) in [7, 11) is -16.9. The molecule has 520 valence electrons. The van der Waals surface area contributed by atoms with Gasteiger partial charge < -0.3 is 54.1 Å². The molecule has 25 heteroatoms. The maximum atomic E-state index is 12.5. The zero-order valence-corrected chi connectivity index (χ0v) is 60.3. The number of H-pyrrole nitrogens is 1. The zero-order valence-electron chi connectivity index (χ0n) is 56.8. The second-order valence-electron chi connectivity index (χ2n) is 22.6. The number of nitrogens with one attached hydrogen (secondary N) is 1. The smallest absolute Gasteiger partial charge is 0.387 e. The summed E-state index contributed by atoms with van der Waals surface area (Å²) >= 11 is 0.960. The normalized spacial score (nSPS) is 17.1. The molecule has 1 aromatic heterocycles. The molecule has 1 aliphatic rings. The van der Waals surface area contributed by atoms with Crippen LogP contribution in [0.2, 0.25) is 0 Å². The van der Waals surface area contributed by atoms with Gasteiger partial charge in [0.1, 0.15) is 18.3 Å². The van der Waals surface area contributed by atoms with E-state index < -0.39 is 65.9 Å². The third kappa shape index (κ3) is 46.4. The van der Waals surface area contributed by atoms with Gasteiger partial charge in [-0.05, 0) is 168 Å². The Morgan fingerprint density at radius 2 is 0.784 bits per heavy atom. The second kappa shape index (κ2) is 55.8. The number of phosphoric ester groups is 1. The van der Waals surface area contributed by atoms with Crippen LogP contribution in [0.3, 0.4) is 0 Å². The predicted octanol–water partition coefficient (Wildman–Crippen LogP) is 14.4. The fourth-order valence-corrected chi connectivity index (χ4v) is 12.9. The van der Waals surface area contributed by atoms with Gasteiger partial charge in [0.05, 0.1) is 11.6 Å². The lowest BCUT2D eigenvalue weighted by Gasteiger charge is -2.21. The fraction of sp³-hybridized carbons (Fsp3) is 0.841. The summed E-state index contributed by atoms with van der Waals surface area (Å²) in [6.07, 6.45) is 25.5. The summed E-state index contributed by atoms with van der Waals surface area (Å²) in [5.41, 5.74) is -1.77. The van der Waals surface area contributed by atoms with Gasteiger partial charge in [-0.1, -0.05) is 190 Å². The molecular formula is C63H127N6O15P3S. The number of hydrogen-bond donors (Lipinski definition) is 7. The lowest BCUT2D eigenvalue weighted by Crippen LogP contribution is -2.38. The van der Waals surface area contributed by atoms with Crippen molar-refractivity contribution >= 4 is 35.2 Å². The van der Waals surface area contributed by atoms with Crippen molar-refractivity contribution in [3.63, 3.8) is 0 Å². The van der Waals surface area contributed by atoms with E-state index >= 15 is 0 Å². The summed E-state index contributed by atoms with van der Waals surface area (Å²) in [5, 5.41) is 20.8. The molecule has 0 saturated carbocycles. The van der Waals surface area contributed by atoms with E-state index in [4.69, 9.17) is 14.5 Å². The number of phosphoric acid groups is 3. The van der Waals surface area contributed by atoms with E-state index in [1.165, 1.54) is 233 Å². The fourth-order valence-electron chi connectivity index (χ4n) is 8.89. The van der Waals surface area contributed by atoms with Crippen molar-refractivity contribution < 1.29 is 61.4 Å². The Balaban J connectivity index is 0. The lowest BCUT2D eigenvalue weighted by molar-refractivity contribution is -0.0582. The predicted molar refractivity (Wildman–Crippen MR) is 362 cm³/mol. The largest absolute Gasteiger partial charge is 0.490 e. The van der Waals surface area contributed by atoms with E-state index in [9.17, 15) is 43.3 Å². The monoisotopic (exact) mass is 1330 g/mol. The Morgan fingerprint density at radius 1 is 0.477 bits per heavy atom. The van der Waals surface area contributed by atoms with Crippen LogP contribution >= 0.6 is 35.2 Å². The molecule has 0 bridgehead atoms. The molecule has 0 aliphatic carbocycles. The molecule has 3 rings (SSSR count). The van der Waals surface area contributed by atoms with E-state index in [0.717, 1.165) is 22.4 Å². The maximum Gasteiger partial charge on any atom is 0.490 e. The van der Waals surface area contributed by atoms with Gasteiger partial charge in [0.2, 0.25) is 0 Å². The average molecular weight is 1330 g/mol. The van der Waals surface area contributed by atoms with Crippen LogP contribution in [0.25, 0.3) is 0 Å². The molecule has 2 unspecified atom stereocenters. The van der Waals surface area contributed by atoms with E-state index in [2.05, 4.69) is 116 Å². The molecule has 2 heterocycles. The number of rotatable bonds is 46. The van der Waals surface area contributed by atoms with Crippen LogP contribution in [0, 0.1) is 0 Å². The van der Waals surface area contributed by atoms with Crippen LogP contribution in [0.5, 0.6) is 0 Å². The van der Waals surface area contributed by atoms with Crippen molar-refractivity contribution in [1.82, 2.24) is 29.2 Å². The quantitative estimate of drug-likeness (QED) is 0.0240. The Hall–Kier alpha value is -1.62. The van der Waals surface area contributed by atoms with Crippen molar-refractivity contribution in [1.29, 1.82) is 0 Å². The Bertz CT molecular complexity index is 2030. The Morgan fingerprint density at radius 3 is 1.07 bits per heavy atom. The Kier molecular flexibility index (Phi) is 56.1. The molecule has 88 heavy (non-hydrogen) atoms. The van der Waals surface area contributed by atoms with Crippen LogP contribution in [0.4, 0.5) is 0 Å². The highest BCUT2D eigenvalue weighted by atomic mass is 32.2. The number of nitrogens with zero attached hydrogens (tertiary/aromatic N) is 5. The number of unbranched alkanes of at least 4 members (excludes halogenated alkanes) is 12. The number of aliphatic hydroxyl groups is 2. The standard InChI is InChI=1S/C15H19N2O15P3S.4C12H27N/c18-10-6-11(36-8-4-2-1-3-5-8)17(15(21)16-10)14-13(20)12(19)9(30-14)7-29-34(25,26)32-35(27,28)31-33(22,23)24;4*1-4-7-10-13(11-8-5-2)12-9-6-3/h1-6,9,12-14,19-20H,7H2,(H,25,26)(H,27,28)(H,16,18,21)(H2,22,23,24);4*4-12H2,1-3H3/t9-,12-,13-,14-;;;;/m1..../s1. The van der Waals surface area contributed by atoms with Gasteiger partial charge in [0.15, 0.2) is 6.23 Å². The van der Waals surface area contributed by atoms with E-state index in [1.54, 1.807) is 30.3 Å². The zero-order chi connectivity index (χ0) is 66.7. The van der Waals surface area contributed by atoms with Crippen LogP contribution in [-0.4, -0.2) is 162 Å². The number of aliphatic hydroxyl groups excluding tert-OH is 2. The molecule has 0 spiro atoms. The molecule has 2 aromatic rings. The third-order valence-corrected chi connectivity index (χ3v) is 19.1. The molecule has 7 N–H and O–H groups in total. The number of benzene rings is 1. The molecule has 1 aliphatic heterocycles. The number of aromatic amines is 1. The highest BCUT2D eigenvalue weighted by molar-refractivity contribution is 7.99. The second-order valence-corrected chi connectivity index (χ2v) is 28.1. The SMILES string of the molecule is CCCCN(CCCC)CCCC.CCCCN(CCCC)CCCC.CCCCN(CCCC)CCCC.CCCCN(CCCC)CCCC.O=c1cc(Sc2ccccc2)n([C@@H]2O[C@H](COP(=O)(O)OP(=O)(O)OP(=O)(O)O)[C@@H](O)[C@H]2O)c(=O)[nH]1. The first kappa shape index (κ1) is 88.4. The summed E-state index contributed by atoms with van der Waals surface area (Å²) in [5.74, 6) is 0. The van der Waals surface area contributed by atoms with Crippen LogP contribution < -0.4 is 11.2 Å². The van der Waals surface area contributed by atoms with Crippen molar-refractivity contribution in [2.75, 3.05) is 85.1 Å². The van der Waals surface area contributed by atoms with Crippen LogP contribution in [0.1, 0.15) is 243 Å². The molecule has 21 nitrogen and oxygen atoms in total. The molecule has 6 atom stereocenters. The average Bonchev–Trinajstić information content (AvgIpc) is 2.54. The molecule has 1 aromatic carbocycles. The molecular weight excluding hydrogens is 1210 g/mol. The lowest BCUT2D eigenvalue weighted by atomic mass is 10.1. The van der Waals surface area contributed by atoms with Gasteiger partial charge in [-0.25, -0.2) is 18.5 Å². The molecule has 1 fully saturated rings. The van der Waals surface area contributed by atoms with E-state index in [1.807, 2.05) is 4.98 Å².